The lowest BCUT2D eigenvalue weighted by Crippen LogP contribution is -2.49. The fourth-order valence-corrected chi connectivity index (χ4v) is 4.48. The normalized spacial score (nSPS) is 17.9. The van der Waals surface area contributed by atoms with Crippen molar-refractivity contribution in [1.82, 2.24) is 14.7 Å². The molecule has 2 aromatic carbocycles. The Morgan fingerprint density at radius 2 is 1.71 bits per heavy atom. The van der Waals surface area contributed by atoms with Gasteiger partial charge in [0.1, 0.15) is 11.6 Å². The molecule has 2 heterocycles. The largest absolute Gasteiger partial charge is 0.484 e. The van der Waals surface area contributed by atoms with Crippen molar-refractivity contribution in [3.63, 3.8) is 0 Å². The number of nitrogens with one attached hydrogen (secondary N) is 1. The number of likely N-dealkylation sites (tertiary alicyclic amines) is 1. The van der Waals surface area contributed by atoms with Gasteiger partial charge in [0, 0.05) is 28.7 Å². The van der Waals surface area contributed by atoms with Crippen molar-refractivity contribution >= 4 is 29.2 Å². The van der Waals surface area contributed by atoms with Gasteiger partial charge in [-0.2, -0.15) is 5.10 Å². The Kier molecular flexibility index (Phi) is 7.53. The van der Waals surface area contributed by atoms with Gasteiger partial charge in [0.2, 0.25) is 0 Å². The minimum Gasteiger partial charge on any atom is -0.484 e. The Hall–Kier alpha value is -3.32. The molecule has 1 fully saturated rings. The molecule has 0 saturated carbocycles. The monoisotopic (exact) mass is 480 g/mol. The predicted octanol–water partition coefficient (Wildman–Crippen LogP) is 5.01. The number of ether oxygens (including phenoxy) is 1. The van der Waals surface area contributed by atoms with Crippen molar-refractivity contribution in [3.05, 3.63) is 76.9 Å². The van der Waals surface area contributed by atoms with Gasteiger partial charge in [-0.05, 0) is 75.1 Å². The van der Waals surface area contributed by atoms with Crippen molar-refractivity contribution < 1.29 is 14.3 Å². The SMILES string of the molecule is CC1CCCC(C)N1C(=O)COc1ccc(C(=O)Nc2ccnn2Cc2ccc(Cl)cc2)cc1. The van der Waals surface area contributed by atoms with E-state index >= 15 is 0 Å². The molecule has 2 amide bonds. The first-order chi connectivity index (χ1) is 16.4. The van der Waals surface area contributed by atoms with Gasteiger partial charge < -0.3 is 15.0 Å². The number of benzene rings is 2. The van der Waals surface area contributed by atoms with Crippen LogP contribution in [0.4, 0.5) is 5.82 Å². The second-order valence-electron chi connectivity index (χ2n) is 8.70. The highest BCUT2D eigenvalue weighted by Gasteiger charge is 2.29. The van der Waals surface area contributed by atoms with E-state index in [2.05, 4.69) is 24.3 Å². The van der Waals surface area contributed by atoms with E-state index < -0.39 is 0 Å². The lowest BCUT2D eigenvalue weighted by molar-refractivity contribution is -0.139. The Morgan fingerprint density at radius 1 is 1.03 bits per heavy atom. The van der Waals surface area contributed by atoms with E-state index in [9.17, 15) is 9.59 Å². The summed E-state index contributed by atoms with van der Waals surface area (Å²) in [5.41, 5.74) is 1.50. The van der Waals surface area contributed by atoms with Crippen LogP contribution < -0.4 is 10.1 Å². The van der Waals surface area contributed by atoms with Crippen molar-refractivity contribution in [2.75, 3.05) is 11.9 Å². The van der Waals surface area contributed by atoms with Crippen LogP contribution in [0.3, 0.4) is 0 Å². The molecule has 7 nitrogen and oxygen atoms in total. The molecule has 1 aliphatic rings. The molecule has 1 aromatic heterocycles. The summed E-state index contributed by atoms with van der Waals surface area (Å²) < 4.78 is 7.42. The molecule has 34 heavy (non-hydrogen) atoms. The molecule has 0 bridgehead atoms. The molecule has 0 spiro atoms. The fraction of sp³-hybridized carbons (Fsp3) is 0.346. The highest BCUT2D eigenvalue weighted by molar-refractivity contribution is 6.30. The summed E-state index contributed by atoms with van der Waals surface area (Å²) in [6, 6.07) is 16.5. The third-order valence-corrected chi connectivity index (χ3v) is 6.42. The van der Waals surface area contributed by atoms with Crippen LogP contribution in [0.25, 0.3) is 0 Å². The van der Waals surface area contributed by atoms with Crippen molar-refractivity contribution in [1.29, 1.82) is 0 Å². The summed E-state index contributed by atoms with van der Waals surface area (Å²) in [7, 11) is 0. The molecular weight excluding hydrogens is 452 g/mol. The van der Waals surface area contributed by atoms with Crippen LogP contribution in [-0.4, -0.2) is 45.2 Å². The zero-order valence-electron chi connectivity index (χ0n) is 19.4. The van der Waals surface area contributed by atoms with Crippen LogP contribution in [0.15, 0.2) is 60.8 Å². The molecule has 3 aromatic rings. The number of piperidine rings is 1. The number of rotatable bonds is 7. The molecule has 178 valence electrons. The first-order valence-corrected chi connectivity index (χ1v) is 11.9. The van der Waals surface area contributed by atoms with E-state index in [4.69, 9.17) is 16.3 Å². The third-order valence-electron chi connectivity index (χ3n) is 6.16. The molecule has 2 atom stereocenters. The molecule has 8 heteroatoms. The van der Waals surface area contributed by atoms with Gasteiger partial charge in [0.15, 0.2) is 6.61 Å². The maximum atomic E-state index is 12.7. The molecule has 4 rings (SSSR count). The average Bonchev–Trinajstić information content (AvgIpc) is 3.25. The lowest BCUT2D eigenvalue weighted by Gasteiger charge is -2.38. The highest BCUT2D eigenvalue weighted by Crippen LogP contribution is 2.23. The highest BCUT2D eigenvalue weighted by atomic mass is 35.5. The maximum Gasteiger partial charge on any atom is 0.260 e. The fourth-order valence-electron chi connectivity index (χ4n) is 4.35. The number of carbonyl (C=O) groups is 2. The van der Waals surface area contributed by atoms with Crippen molar-refractivity contribution in [2.24, 2.45) is 0 Å². The second kappa shape index (κ2) is 10.7. The summed E-state index contributed by atoms with van der Waals surface area (Å²) in [6.07, 6.45) is 4.85. The van der Waals surface area contributed by atoms with Gasteiger partial charge in [-0.3, -0.25) is 9.59 Å². The minimum absolute atomic E-state index is 0.00420. The zero-order chi connectivity index (χ0) is 24.1. The van der Waals surface area contributed by atoms with E-state index in [1.165, 1.54) is 0 Å². The van der Waals surface area contributed by atoms with Gasteiger partial charge in [-0.15, -0.1) is 0 Å². The first-order valence-electron chi connectivity index (χ1n) is 11.5. The summed E-state index contributed by atoms with van der Waals surface area (Å²) in [5.74, 6) is 0.887. The van der Waals surface area contributed by atoms with Gasteiger partial charge in [-0.1, -0.05) is 23.7 Å². The minimum atomic E-state index is -0.253. The average molecular weight is 481 g/mol. The van der Waals surface area contributed by atoms with Gasteiger partial charge in [-0.25, -0.2) is 4.68 Å². The standard InChI is InChI=1S/C26H29ClN4O3/c1-18-4-3-5-19(2)31(18)25(32)17-34-23-12-8-21(9-13-23)26(33)29-24-14-15-28-30(24)16-20-6-10-22(27)11-7-20/h6-15,18-19H,3-5,16-17H2,1-2H3,(H,29,33). The molecule has 2 unspecified atom stereocenters. The summed E-state index contributed by atoms with van der Waals surface area (Å²) >= 11 is 5.95. The molecule has 1 N–H and O–H groups in total. The van der Waals surface area contributed by atoms with Gasteiger partial charge in [0.25, 0.3) is 11.8 Å². The van der Waals surface area contributed by atoms with Crippen LogP contribution in [0.2, 0.25) is 5.02 Å². The quantitative estimate of drug-likeness (QED) is 0.516. The Balaban J connectivity index is 1.33. The number of hydrogen-bond donors (Lipinski definition) is 1. The van der Waals surface area contributed by atoms with Crippen LogP contribution >= 0.6 is 11.6 Å². The van der Waals surface area contributed by atoms with E-state index in [0.29, 0.717) is 28.7 Å². The number of anilines is 1. The van der Waals surface area contributed by atoms with Crippen molar-refractivity contribution in [3.8, 4) is 5.75 Å². The number of nitrogens with zero attached hydrogens (tertiary/aromatic N) is 3. The number of aromatic nitrogens is 2. The third kappa shape index (κ3) is 5.78. The summed E-state index contributed by atoms with van der Waals surface area (Å²) in [5, 5.41) is 7.86. The molecular formula is C26H29ClN4O3. The topological polar surface area (TPSA) is 76.5 Å². The zero-order valence-corrected chi connectivity index (χ0v) is 20.2. The Labute approximate surface area is 204 Å². The van der Waals surface area contributed by atoms with E-state index in [0.717, 1.165) is 24.8 Å². The number of halogens is 1. The Morgan fingerprint density at radius 3 is 2.38 bits per heavy atom. The molecule has 1 saturated heterocycles. The van der Waals surface area contributed by atoms with Crippen LogP contribution in [0.1, 0.15) is 49.0 Å². The summed E-state index contributed by atoms with van der Waals surface area (Å²) in [4.78, 5) is 27.3. The Bertz CT molecular complexity index is 1120. The van der Waals surface area contributed by atoms with Crippen molar-refractivity contribution in [2.45, 2.75) is 51.7 Å². The lowest BCUT2D eigenvalue weighted by atomic mass is 9.97. The first kappa shape index (κ1) is 23.8. The van der Waals surface area contributed by atoms with E-state index in [1.54, 1.807) is 41.2 Å². The predicted molar refractivity (Wildman–Crippen MR) is 132 cm³/mol. The van der Waals surface area contributed by atoms with Crippen LogP contribution in [-0.2, 0) is 11.3 Å². The number of carbonyl (C=O) groups excluding carboxylic acids is 2. The van der Waals surface area contributed by atoms with Gasteiger partial charge in [0.05, 0.1) is 12.7 Å². The molecule has 1 aliphatic heterocycles. The smallest absolute Gasteiger partial charge is 0.260 e. The maximum absolute atomic E-state index is 12.7. The second-order valence-corrected chi connectivity index (χ2v) is 9.13. The number of hydrogen-bond acceptors (Lipinski definition) is 4. The van der Waals surface area contributed by atoms with Gasteiger partial charge >= 0.3 is 0 Å². The van der Waals surface area contributed by atoms with Crippen LogP contribution in [0, 0.1) is 0 Å². The van der Waals surface area contributed by atoms with E-state index in [-0.39, 0.29) is 30.5 Å². The molecule has 0 aliphatic carbocycles. The number of amides is 2. The summed E-state index contributed by atoms with van der Waals surface area (Å²) in [6.45, 7) is 4.67. The van der Waals surface area contributed by atoms with Crippen LogP contribution in [0.5, 0.6) is 5.75 Å². The van der Waals surface area contributed by atoms with E-state index in [1.807, 2.05) is 29.2 Å². The molecule has 0 radical (unpaired) electrons.